The highest BCUT2D eigenvalue weighted by molar-refractivity contribution is 5.87. The van der Waals surface area contributed by atoms with Crippen LogP contribution in [0.15, 0.2) is 23.2 Å². The second-order valence-electron chi connectivity index (χ2n) is 4.32. The average Bonchev–Trinajstić information content (AvgIpc) is 2.11. The minimum Gasteiger partial charge on any atom is -0.387 e. The molecule has 0 amide bonds. The largest absolute Gasteiger partial charge is 0.387 e. The lowest BCUT2D eigenvalue weighted by molar-refractivity contribution is 0.510. The molecule has 1 aromatic carbocycles. The van der Waals surface area contributed by atoms with Crippen LogP contribution in [-0.2, 0) is 0 Å². The zero-order chi connectivity index (χ0) is 11.6. The first-order chi connectivity index (χ1) is 6.82. The van der Waals surface area contributed by atoms with E-state index in [4.69, 9.17) is 5.73 Å². The lowest BCUT2D eigenvalue weighted by Crippen LogP contribution is -2.28. The van der Waals surface area contributed by atoms with Gasteiger partial charge in [-0.2, -0.15) is 0 Å². The topological polar surface area (TPSA) is 38.4 Å². The molecule has 0 aromatic heterocycles. The predicted molar refractivity (Wildman–Crippen MR) is 57.1 cm³/mol. The molecule has 2 nitrogen and oxygen atoms in total. The van der Waals surface area contributed by atoms with Crippen LogP contribution in [-0.4, -0.2) is 5.84 Å². The second kappa shape index (κ2) is 3.96. The molecule has 0 aliphatic heterocycles. The van der Waals surface area contributed by atoms with Crippen LogP contribution in [0.3, 0.4) is 0 Å². The van der Waals surface area contributed by atoms with Gasteiger partial charge in [0.05, 0.1) is 0 Å². The van der Waals surface area contributed by atoms with Crippen molar-refractivity contribution in [1.29, 1.82) is 0 Å². The molecule has 0 bridgehead atoms. The fourth-order valence-electron chi connectivity index (χ4n) is 0.876. The molecule has 0 heterocycles. The normalized spacial score (nSPS) is 13.0. The van der Waals surface area contributed by atoms with E-state index in [0.29, 0.717) is 0 Å². The minimum absolute atomic E-state index is 0.0672. The Morgan fingerprint density at radius 2 is 1.87 bits per heavy atom. The van der Waals surface area contributed by atoms with Crippen LogP contribution in [0.25, 0.3) is 0 Å². The van der Waals surface area contributed by atoms with Gasteiger partial charge in [-0.25, -0.2) is 13.8 Å². The molecule has 0 unspecified atom stereocenters. The number of hydrogen-bond donors (Lipinski definition) is 1. The molecule has 0 saturated heterocycles. The maximum atomic E-state index is 13.2. The number of rotatable bonds is 1. The molecule has 0 aliphatic carbocycles. The zero-order valence-electron chi connectivity index (χ0n) is 9.01. The summed E-state index contributed by atoms with van der Waals surface area (Å²) in [5, 5.41) is 0. The number of nitrogens with zero attached hydrogens (tertiary/aromatic N) is 1. The van der Waals surface area contributed by atoms with Gasteiger partial charge in [-0.1, -0.05) is 26.8 Å². The zero-order valence-corrected chi connectivity index (χ0v) is 9.01. The fourth-order valence-corrected chi connectivity index (χ4v) is 0.876. The molecule has 2 N–H and O–H groups in total. The van der Waals surface area contributed by atoms with Crippen molar-refractivity contribution in [3.05, 3.63) is 29.8 Å². The molecule has 1 rings (SSSR count). The molecule has 1 aromatic rings. The quantitative estimate of drug-likeness (QED) is 0.564. The van der Waals surface area contributed by atoms with Crippen LogP contribution in [0.1, 0.15) is 20.8 Å². The number of aliphatic imine (C=N–C) groups is 1. The van der Waals surface area contributed by atoms with Gasteiger partial charge in [0.1, 0.15) is 11.5 Å². The summed E-state index contributed by atoms with van der Waals surface area (Å²) in [4.78, 5) is 3.87. The average molecular weight is 212 g/mol. The van der Waals surface area contributed by atoms with Crippen molar-refractivity contribution < 1.29 is 8.78 Å². The van der Waals surface area contributed by atoms with Gasteiger partial charge >= 0.3 is 0 Å². The molecule has 4 heteroatoms. The molecule has 0 atom stereocenters. The monoisotopic (exact) mass is 212 g/mol. The molecule has 15 heavy (non-hydrogen) atoms. The summed E-state index contributed by atoms with van der Waals surface area (Å²) in [5.74, 6) is -1.62. The standard InChI is InChI=1S/C11H14F2N2/c1-11(2,3)10(14)15-8-6-4-5-7(12)9(8)13/h4-6H,1-3H3,(H2,14,15). The number of benzene rings is 1. The van der Waals surface area contributed by atoms with Crippen molar-refractivity contribution in [3.8, 4) is 0 Å². The Labute approximate surface area is 87.8 Å². The first kappa shape index (κ1) is 11.6. The van der Waals surface area contributed by atoms with Crippen molar-refractivity contribution in [3.63, 3.8) is 0 Å². The lowest BCUT2D eigenvalue weighted by Gasteiger charge is -2.17. The number of nitrogens with two attached hydrogens (primary N) is 1. The third-order valence-corrected chi connectivity index (χ3v) is 1.94. The van der Waals surface area contributed by atoms with E-state index in [1.165, 1.54) is 12.1 Å². The molecule has 0 saturated carbocycles. The Morgan fingerprint density at radius 1 is 1.27 bits per heavy atom. The van der Waals surface area contributed by atoms with E-state index in [1.54, 1.807) is 0 Å². The van der Waals surface area contributed by atoms with Crippen LogP contribution in [0.5, 0.6) is 0 Å². The van der Waals surface area contributed by atoms with E-state index in [-0.39, 0.29) is 16.9 Å². The Kier molecular flexibility index (Phi) is 3.07. The Balaban J connectivity index is 3.15. The van der Waals surface area contributed by atoms with E-state index in [0.717, 1.165) is 6.07 Å². The molecule has 0 fully saturated rings. The van der Waals surface area contributed by atoms with Gasteiger partial charge in [0.2, 0.25) is 0 Å². The third-order valence-electron chi connectivity index (χ3n) is 1.94. The minimum atomic E-state index is -0.968. The highest BCUT2D eigenvalue weighted by atomic mass is 19.2. The Bertz CT molecular complexity index is 392. The number of amidine groups is 1. The van der Waals surface area contributed by atoms with Gasteiger partial charge in [-0.05, 0) is 12.1 Å². The molecule has 0 aliphatic rings. The van der Waals surface area contributed by atoms with E-state index in [1.807, 2.05) is 20.8 Å². The summed E-state index contributed by atoms with van der Waals surface area (Å²) in [7, 11) is 0. The van der Waals surface area contributed by atoms with Crippen molar-refractivity contribution >= 4 is 11.5 Å². The predicted octanol–water partition coefficient (Wildman–Crippen LogP) is 3.00. The van der Waals surface area contributed by atoms with E-state index < -0.39 is 11.6 Å². The van der Waals surface area contributed by atoms with Gasteiger partial charge in [-0.15, -0.1) is 0 Å². The van der Waals surface area contributed by atoms with Crippen molar-refractivity contribution in [2.24, 2.45) is 16.1 Å². The molecular weight excluding hydrogens is 198 g/mol. The summed E-state index contributed by atoms with van der Waals surface area (Å²) < 4.78 is 26.1. The highest BCUT2D eigenvalue weighted by Gasteiger charge is 2.16. The summed E-state index contributed by atoms with van der Waals surface area (Å²) >= 11 is 0. The Morgan fingerprint density at radius 3 is 2.40 bits per heavy atom. The van der Waals surface area contributed by atoms with Crippen LogP contribution in [0.2, 0.25) is 0 Å². The summed E-state index contributed by atoms with van der Waals surface area (Å²) in [6.45, 7) is 5.55. The van der Waals surface area contributed by atoms with E-state index >= 15 is 0 Å². The third kappa shape index (κ3) is 2.75. The fraction of sp³-hybridized carbons (Fsp3) is 0.364. The van der Waals surface area contributed by atoms with Crippen LogP contribution in [0.4, 0.5) is 14.5 Å². The molecule has 0 radical (unpaired) electrons. The van der Waals surface area contributed by atoms with Gasteiger partial charge in [0.15, 0.2) is 11.6 Å². The highest BCUT2D eigenvalue weighted by Crippen LogP contribution is 2.22. The number of hydrogen-bond acceptors (Lipinski definition) is 1. The first-order valence-corrected chi connectivity index (χ1v) is 4.61. The van der Waals surface area contributed by atoms with Crippen LogP contribution >= 0.6 is 0 Å². The van der Waals surface area contributed by atoms with Gasteiger partial charge in [-0.3, -0.25) is 0 Å². The summed E-state index contributed by atoms with van der Waals surface area (Å²) in [6.07, 6.45) is 0. The molecule has 82 valence electrons. The second-order valence-corrected chi connectivity index (χ2v) is 4.32. The van der Waals surface area contributed by atoms with Crippen molar-refractivity contribution in [1.82, 2.24) is 0 Å². The summed E-state index contributed by atoms with van der Waals surface area (Å²) in [6, 6.07) is 3.83. The van der Waals surface area contributed by atoms with Gasteiger partial charge in [0, 0.05) is 5.41 Å². The molecular formula is C11H14F2N2. The Hall–Kier alpha value is -1.45. The van der Waals surface area contributed by atoms with Crippen molar-refractivity contribution in [2.45, 2.75) is 20.8 Å². The van der Waals surface area contributed by atoms with E-state index in [9.17, 15) is 8.78 Å². The number of halogens is 2. The maximum absolute atomic E-state index is 13.2. The maximum Gasteiger partial charge on any atom is 0.184 e. The van der Waals surface area contributed by atoms with Crippen molar-refractivity contribution in [2.75, 3.05) is 0 Å². The van der Waals surface area contributed by atoms with Crippen LogP contribution < -0.4 is 5.73 Å². The van der Waals surface area contributed by atoms with E-state index in [2.05, 4.69) is 4.99 Å². The smallest absolute Gasteiger partial charge is 0.184 e. The van der Waals surface area contributed by atoms with Crippen LogP contribution in [0, 0.1) is 17.0 Å². The lowest BCUT2D eigenvalue weighted by atomic mass is 9.95. The SMILES string of the molecule is CC(C)(C)C(N)=Nc1cccc(F)c1F. The summed E-state index contributed by atoms with van der Waals surface area (Å²) in [5.41, 5.74) is 5.23. The first-order valence-electron chi connectivity index (χ1n) is 4.61. The van der Waals surface area contributed by atoms with Gasteiger partial charge in [0.25, 0.3) is 0 Å². The molecule has 0 spiro atoms. The van der Waals surface area contributed by atoms with Gasteiger partial charge < -0.3 is 5.73 Å².